The summed E-state index contributed by atoms with van der Waals surface area (Å²) < 4.78 is 24.8. The summed E-state index contributed by atoms with van der Waals surface area (Å²) in [6.45, 7) is 12.7. The largest absolute Gasteiger partial charge is 0.456 e. The molecule has 1 aromatic rings. The van der Waals surface area contributed by atoms with Gasteiger partial charge in [0.05, 0.1) is 21.2 Å². The van der Waals surface area contributed by atoms with Crippen LogP contribution in [0.15, 0.2) is 34.2 Å². The Hall–Kier alpha value is -1.67. The number of thioether (sulfide) groups is 2. The highest BCUT2D eigenvalue weighted by Gasteiger charge is 2.59. The minimum atomic E-state index is -2.11. The number of nitro groups is 1. The third-order valence-electron chi connectivity index (χ3n) is 7.56. The quantitative estimate of drug-likeness (QED) is 0.127. The van der Waals surface area contributed by atoms with Gasteiger partial charge in [-0.15, -0.1) is 11.8 Å². The van der Waals surface area contributed by atoms with Gasteiger partial charge in [0.1, 0.15) is 12.0 Å². The van der Waals surface area contributed by atoms with E-state index in [-0.39, 0.29) is 51.6 Å². The van der Waals surface area contributed by atoms with E-state index < -0.39 is 30.0 Å². The molecule has 0 aliphatic carbocycles. The van der Waals surface area contributed by atoms with Gasteiger partial charge in [-0.3, -0.25) is 24.0 Å². The van der Waals surface area contributed by atoms with Crippen LogP contribution in [0.3, 0.4) is 0 Å². The zero-order valence-electron chi connectivity index (χ0n) is 22.4. The second-order valence-electron chi connectivity index (χ2n) is 11.3. The number of ether oxygens (including phenoxy) is 1. The monoisotopic (exact) mass is 598 g/mol. The fraction of sp³-hybridized carbons (Fsp3) is 0.600. The molecular formula is C25H34N2O7S3Si. The van der Waals surface area contributed by atoms with Crippen LogP contribution in [0.5, 0.6) is 0 Å². The van der Waals surface area contributed by atoms with Crippen molar-refractivity contribution >= 4 is 60.2 Å². The van der Waals surface area contributed by atoms with Crippen molar-refractivity contribution in [3.63, 3.8) is 0 Å². The Labute approximate surface area is 235 Å². The summed E-state index contributed by atoms with van der Waals surface area (Å²) in [5, 5.41) is 10.8. The van der Waals surface area contributed by atoms with Gasteiger partial charge in [0.2, 0.25) is 5.91 Å². The van der Waals surface area contributed by atoms with E-state index in [0.717, 1.165) is 10.7 Å². The molecule has 0 bridgehead atoms. The molecule has 3 aliphatic rings. The molecule has 1 amide bonds. The number of benzene rings is 1. The van der Waals surface area contributed by atoms with E-state index >= 15 is 0 Å². The highest BCUT2D eigenvalue weighted by Crippen LogP contribution is 2.56. The first kappa shape index (κ1) is 29.3. The molecule has 5 atom stereocenters. The fourth-order valence-corrected chi connectivity index (χ4v) is 11.0. The number of nitro benzene ring substituents is 1. The SMILES string of the molecule is C[C@@H](O[Si](C)(C)C(C)(C)C)[C@H]1C(=O)N2C(C(=O)OCc3ccc([N+](=O)[O-])cc3)=C(S[C@@H]3CC[S@@](=O)C3)S[C@H]12. The van der Waals surface area contributed by atoms with E-state index in [9.17, 15) is 23.9 Å². The normalized spacial score (nSPS) is 26.3. The van der Waals surface area contributed by atoms with Gasteiger partial charge >= 0.3 is 5.97 Å². The van der Waals surface area contributed by atoms with Gasteiger partial charge in [-0.1, -0.05) is 32.5 Å². The third-order valence-corrected chi connectivity index (χ3v) is 16.7. The average Bonchev–Trinajstić information content (AvgIpc) is 3.37. The highest BCUT2D eigenvalue weighted by atomic mass is 32.2. The molecule has 0 aromatic heterocycles. The Bertz CT molecular complexity index is 1180. The molecule has 0 radical (unpaired) electrons. The zero-order chi connectivity index (χ0) is 28.0. The Morgan fingerprint density at radius 3 is 2.53 bits per heavy atom. The van der Waals surface area contributed by atoms with Crippen LogP contribution in [-0.2, 0) is 36.2 Å². The van der Waals surface area contributed by atoms with E-state index in [4.69, 9.17) is 9.16 Å². The summed E-state index contributed by atoms with van der Waals surface area (Å²) in [6, 6.07) is 5.80. The van der Waals surface area contributed by atoms with E-state index in [1.54, 1.807) is 12.1 Å². The van der Waals surface area contributed by atoms with Crippen molar-refractivity contribution in [1.82, 2.24) is 4.90 Å². The molecule has 3 heterocycles. The molecule has 38 heavy (non-hydrogen) atoms. The summed E-state index contributed by atoms with van der Waals surface area (Å²) in [5.74, 6) is 0.0720. The van der Waals surface area contributed by atoms with E-state index in [0.29, 0.717) is 17.1 Å². The molecule has 9 nitrogen and oxygen atoms in total. The smallest absolute Gasteiger partial charge is 0.357 e. The van der Waals surface area contributed by atoms with Crippen LogP contribution in [0.4, 0.5) is 5.69 Å². The summed E-state index contributed by atoms with van der Waals surface area (Å²) in [4.78, 5) is 38.7. The van der Waals surface area contributed by atoms with Crippen LogP contribution in [-0.4, -0.2) is 62.5 Å². The Balaban J connectivity index is 1.51. The average molecular weight is 599 g/mol. The second-order valence-corrected chi connectivity index (χ2v) is 20.4. The van der Waals surface area contributed by atoms with Crippen molar-refractivity contribution in [1.29, 1.82) is 0 Å². The molecule has 2 fully saturated rings. The number of carbonyl (C=O) groups excluding carboxylic acids is 2. The molecule has 2 saturated heterocycles. The number of nitrogens with zero attached hydrogens (tertiary/aromatic N) is 2. The summed E-state index contributed by atoms with van der Waals surface area (Å²) in [6.07, 6.45) is 0.497. The van der Waals surface area contributed by atoms with Gasteiger partial charge in [-0.25, -0.2) is 4.79 Å². The minimum Gasteiger partial charge on any atom is -0.456 e. The number of fused-ring (bicyclic) bond motifs is 1. The molecule has 3 aliphatic heterocycles. The minimum absolute atomic E-state index is 0.000773. The van der Waals surface area contributed by atoms with Crippen LogP contribution in [0.25, 0.3) is 0 Å². The third kappa shape index (κ3) is 5.91. The van der Waals surface area contributed by atoms with Crippen molar-refractivity contribution in [2.45, 2.75) is 75.6 Å². The Morgan fingerprint density at radius 2 is 1.97 bits per heavy atom. The van der Waals surface area contributed by atoms with Crippen molar-refractivity contribution in [3.8, 4) is 0 Å². The van der Waals surface area contributed by atoms with Crippen molar-refractivity contribution in [2.24, 2.45) is 5.92 Å². The van der Waals surface area contributed by atoms with Gasteiger partial charge in [0.15, 0.2) is 14.0 Å². The highest BCUT2D eigenvalue weighted by molar-refractivity contribution is 8.23. The summed E-state index contributed by atoms with van der Waals surface area (Å²) >= 11 is 3.00. The fourth-order valence-electron chi connectivity index (χ4n) is 4.34. The lowest BCUT2D eigenvalue weighted by Crippen LogP contribution is -2.62. The van der Waals surface area contributed by atoms with Crippen LogP contribution >= 0.6 is 23.5 Å². The van der Waals surface area contributed by atoms with Crippen molar-refractivity contribution in [3.05, 3.63) is 49.9 Å². The lowest BCUT2D eigenvalue weighted by molar-refractivity contribution is -0.384. The molecule has 0 unspecified atom stereocenters. The molecule has 0 N–H and O–H groups in total. The van der Waals surface area contributed by atoms with Gasteiger partial charge in [-0.05, 0) is 49.2 Å². The lowest BCUT2D eigenvalue weighted by Gasteiger charge is -2.48. The number of carbonyl (C=O) groups is 2. The summed E-state index contributed by atoms with van der Waals surface area (Å²) in [5.41, 5.74) is 0.804. The topological polar surface area (TPSA) is 116 Å². The lowest BCUT2D eigenvalue weighted by atomic mass is 9.92. The van der Waals surface area contributed by atoms with Crippen molar-refractivity contribution < 1.29 is 27.9 Å². The number of esters is 1. The number of hydrogen-bond donors (Lipinski definition) is 0. The maximum atomic E-state index is 13.4. The van der Waals surface area contributed by atoms with Gasteiger partial charge in [0.25, 0.3) is 5.69 Å². The first-order chi connectivity index (χ1) is 17.7. The first-order valence-electron chi connectivity index (χ1n) is 12.5. The molecule has 0 saturated carbocycles. The van der Waals surface area contributed by atoms with Crippen LogP contribution in [0.1, 0.15) is 39.7 Å². The molecule has 0 spiro atoms. The van der Waals surface area contributed by atoms with Gasteiger partial charge < -0.3 is 9.16 Å². The Morgan fingerprint density at radius 1 is 1.32 bits per heavy atom. The standard InChI is InChI=1S/C25H34N2O7S3Si/c1-15(34-38(5,6)25(2,3)4)19-21(28)26-20(24(36-22(19)26)35-18-11-12-37(32)14-18)23(29)33-13-16-7-9-17(10-8-16)27(30)31/h7-10,15,18-19,22H,11-14H2,1-6H3/t15-,18-,19+,22-,37-/m1/s1. The maximum absolute atomic E-state index is 13.4. The van der Waals surface area contributed by atoms with E-state index in [2.05, 4.69) is 33.9 Å². The van der Waals surface area contributed by atoms with Crippen LogP contribution in [0, 0.1) is 16.0 Å². The van der Waals surface area contributed by atoms with E-state index in [1.165, 1.54) is 40.6 Å². The number of non-ortho nitro benzene ring substituents is 1. The predicted octanol–water partition coefficient (Wildman–Crippen LogP) is 5.00. The number of amides is 1. The number of β-lactam (4-membered cyclic amide) rings is 1. The molecule has 4 rings (SSSR count). The summed E-state index contributed by atoms with van der Waals surface area (Å²) in [7, 11) is -2.97. The van der Waals surface area contributed by atoms with Gasteiger partial charge in [-0.2, -0.15) is 0 Å². The number of rotatable bonds is 9. The van der Waals surface area contributed by atoms with Crippen molar-refractivity contribution in [2.75, 3.05) is 11.5 Å². The molecule has 1 aromatic carbocycles. The maximum Gasteiger partial charge on any atom is 0.357 e. The predicted molar refractivity (Wildman–Crippen MR) is 153 cm³/mol. The Kier molecular flexibility index (Phi) is 8.54. The van der Waals surface area contributed by atoms with Crippen LogP contribution < -0.4 is 0 Å². The van der Waals surface area contributed by atoms with Gasteiger partial charge in [0, 0.05) is 39.7 Å². The zero-order valence-corrected chi connectivity index (χ0v) is 25.9. The number of hydrogen-bond acceptors (Lipinski definition) is 9. The van der Waals surface area contributed by atoms with E-state index in [1.807, 2.05) is 6.92 Å². The molecule has 208 valence electrons. The first-order valence-corrected chi connectivity index (χ1v) is 18.7. The second kappa shape index (κ2) is 11.1. The molecule has 13 heteroatoms. The van der Waals surface area contributed by atoms with Crippen LogP contribution in [0.2, 0.25) is 18.1 Å². The molecular weight excluding hydrogens is 565 g/mol.